The summed E-state index contributed by atoms with van der Waals surface area (Å²) >= 11 is 1.37. The van der Waals surface area contributed by atoms with Crippen LogP contribution >= 0.6 is 11.8 Å². The Labute approximate surface area is 196 Å². The van der Waals surface area contributed by atoms with Gasteiger partial charge in [-0.15, -0.1) is 10.2 Å². The summed E-state index contributed by atoms with van der Waals surface area (Å²) < 4.78 is 1.89. The van der Waals surface area contributed by atoms with Crippen molar-refractivity contribution in [2.45, 2.75) is 24.3 Å². The molecule has 1 amide bonds. The number of nitrogens with zero attached hydrogens (tertiary/aromatic N) is 6. The van der Waals surface area contributed by atoms with E-state index in [-0.39, 0.29) is 16.8 Å². The SMILES string of the molecule is CCN1CCN(C(=O)[C@@H](C)Sc2nnc(-c3ccc([N+](=O)[O-])cc3)n2-c2ccccc2)CC1. The van der Waals surface area contributed by atoms with Crippen LogP contribution in [0.1, 0.15) is 13.8 Å². The second-order valence-corrected chi connectivity index (χ2v) is 9.11. The van der Waals surface area contributed by atoms with Gasteiger partial charge in [0.05, 0.1) is 10.2 Å². The smallest absolute Gasteiger partial charge is 0.269 e. The summed E-state index contributed by atoms with van der Waals surface area (Å²) in [4.78, 5) is 27.9. The Kier molecular flexibility index (Phi) is 7.05. The molecule has 0 unspecified atom stereocenters. The van der Waals surface area contributed by atoms with Gasteiger partial charge in [0.2, 0.25) is 5.91 Å². The summed E-state index contributed by atoms with van der Waals surface area (Å²) in [6.45, 7) is 8.28. The van der Waals surface area contributed by atoms with E-state index in [4.69, 9.17) is 0 Å². The number of nitro groups is 1. The lowest BCUT2D eigenvalue weighted by molar-refractivity contribution is -0.384. The van der Waals surface area contributed by atoms with Gasteiger partial charge in [-0.2, -0.15) is 0 Å². The van der Waals surface area contributed by atoms with E-state index in [2.05, 4.69) is 22.0 Å². The average molecular weight is 467 g/mol. The van der Waals surface area contributed by atoms with Gasteiger partial charge in [0, 0.05) is 49.6 Å². The summed E-state index contributed by atoms with van der Waals surface area (Å²) in [5, 5.41) is 20.1. The summed E-state index contributed by atoms with van der Waals surface area (Å²) in [5.74, 6) is 0.657. The Hall–Kier alpha value is -3.24. The zero-order valence-electron chi connectivity index (χ0n) is 18.6. The Morgan fingerprint density at radius 3 is 2.33 bits per heavy atom. The van der Waals surface area contributed by atoms with Crippen molar-refractivity contribution in [3.63, 3.8) is 0 Å². The maximum atomic E-state index is 13.1. The highest BCUT2D eigenvalue weighted by Gasteiger charge is 2.27. The number of likely N-dealkylation sites (N-methyl/N-ethyl adjacent to an activating group) is 1. The Morgan fingerprint density at radius 2 is 1.73 bits per heavy atom. The van der Waals surface area contributed by atoms with E-state index in [0.717, 1.165) is 38.4 Å². The molecule has 0 radical (unpaired) electrons. The maximum Gasteiger partial charge on any atom is 0.269 e. The Balaban J connectivity index is 1.60. The molecule has 0 N–H and O–H groups in total. The first kappa shape index (κ1) is 22.9. The number of amides is 1. The molecule has 1 aliphatic heterocycles. The molecule has 2 aromatic carbocycles. The molecule has 1 aliphatic rings. The minimum atomic E-state index is -0.430. The van der Waals surface area contributed by atoms with Crippen molar-refractivity contribution >= 4 is 23.4 Å². The first-order valence-electron chi connectivity index (χ1n) is 10.9. The third kappa shape index (κ3) is 5.07. The van der Waals surface area contributed by atoms with Crippen molar-refractivity contribution < 1.29 is 9.72 Å². The van der Waals surface area contributed by atoms with Gasteiger partial charge in [-0.3, -0.25) is 19.5 Å². The number of piperazine rings is 1. The topological polar surface area (TPSA) is 97.4 Å². The maximum absolute atomic E-state index is 13.1. The number of thioether (sulfide) groups is 1. The van der Waals surface area contributed by atoms with Gasteiger partial charge in [-0.05, 0) is 37.7 Å². The van der Waals surface area contributed by atoms with E-state index in [1.165, 1.54) is 23.9 Å². The van der Waals surface area contributed by atoms with Crippen LogP contribution in [-0.2, 0) is 4.79 Å². The minimum Gasteiger partial charge on any atom is -0.339 e. The van der Waals surface area contributed by atoms with Crippen LogP contribution in [0.2, 0.25) is 0 Å². The summed E-state index contributed by atoms with van der Waals surface area (Å²) in [6.07, 6.45) is 0. The lowest BCUT2D eigenvalue weighted by Crippen LogP contribution is -2.50. The van der Waals surface area contributed by atoms with Crippen LogP contribution in [0, 0.1) is 10.1 Å². The lowest BCUT2D eigenvalue weighted by Gasteiger charge is -2.35. The molecular formula is C23H26N6O3S. The molecule has 2 heterocycles. The van der Waals surface area contributed by atoms with Gasteiger partial charge >= 0.3 is 0 Å². The van der Waals surface area contributed by atoms with Gasteiger partial charge in [0.15, 0.2) is 11.0 Å². The van der Waals surface area contributed by atoms with Crippen LogP contribution in [0.4, 0.5) is 5.69 Å². The van der Waals surface area contributed by atoms with E-state index in [1.807, 2.05) is 46.7 Å². The molecule has 0 bridgehead atoms. The third-order valence-corrected chi connectivity index (χ3v) is 6.78. The zero-order chi connectivity index (χ0) is 23.4. The number of nitro benzene ring substituents is 1. The normalized spacial score (nSPS) is 15.4. The fourth-order valence-electron chi connectivity index (χ4n) is 3.83. The number of non-ortho nitro benzene ring substituents is 1. The van der Waals surface area contributed by atoms with E-state index in [1.54, 1.807) is 12.1 Å². The summed E-state index contributed by atoms with van der Waals surface area (Å²) in [6, 6.07) is 15.9. The largest absolute Gasteiger partial charge is 0.339 e. The predicted molar refractivity (Wildman–Crippen MR) is 127 cm³/mol. The monoisotopic (exact) mass is 466 g/mol. The summed E-state index contributed by atoms with van der Waals surface area (Å²) in [5.41, 5.74) is 1.58. The van der Waals surface area contributed by atoms with Gasteiger partial charge in [-0.25, -0.2) is 0 Å². The number of benzene rings is 2. The molecule has 0 saturated carbocycles. The van der Waals surface area contributed by atoms with Crippen molar-refractivity contribution in [3.8, 4) is 17.1 Å². The standard InChI is InChI=1S/C23H26N6O3S/c1-3-26-13-15-27(16-14-26)22(30)17(2)33-23-25-24-21(28(23)19-7-5-4-6-8-19)18-9-11-20(12-10-18)29(31)32/h4-12,17H,3,13-16H2,1-2H3/t17-/m1/s1. The van der Waals surface area contributed by atoms with Crippen LogP contribution < -0.4 is 0 Å². The fraction of sp³-hybridized carbons (Fsp3) is 0.348. The molecule has 1 saturated heterocycles. The molecule has 3 aromatic rings. The molecular weight excluding hydrogens is 440 g/mol. The molecule has 1 atom stereocenters. The summed E-state index contributed by atoms with van der Waals surface area (Å²) in [7, 11) is 0. The third-order valence-electron chi connectivity index (χ3n) is 5.75. The lowest BCUT2D eigenvalue weighted by atomic mass is 10.2. The van der Waals surface area contributed by atoms with Crippen LogP contribution in [0.25, 0.3) is 17.1 Å². The molecule has 0 spiro atoms. The second-order valence-electron chi connectivity index (χ2n) is 7.80. The number of carbonyl (C=O) groups is 1. The van der Waals surface area contributed by atoms with Crippen LogP contribution in [-0.4, -0.2) is 73.4 Å². The Morgan fingerprint density at radius 1 is 1.06 bits per heavy atom. The first-order valence-corrected chi connectivity index (χ1v) is 11.8. The van der Waals surface area contributed by atoms with E-state index >= 15 is 0 Å². The number of hydrogen-bond acceptors (Lipinski definition) is 7. The van der Waals surface area contributed by atoms with Crippen LogP contribution in [0.5, 0.6) is 0 Å². The minimum absolute atomic E-state index is 0.0153. The molecule has 1 aromatic heterocycles. The predicted octanol–water partition coefficient (Wildman–Crippen LogP) is 3.49. The highest BCUT2D eigenvalue weighted by Crippen LogP contribution is 2.31. The number of aromatic nitrogens is 3. The quantitative estimate of drug-likeness (QED) is 0.299. The second kappa shape index (κ2) is 10.1. The van der Waals surface area contributed by atoms with Crippen molar-refractivity contribution in [3.05, 3.63) is 64.7 Å². The van der Waals surface area contributed by atoms with Crippen LogP contribution in [0.3, 0.4) is 0 Å². The van der Waals surface area contributed by atoms with Gasteiger partial charge < -0.3 is 9.80 Å². The number of hydrogen-bond donors (Lipinski definition) is 0. The molecule has 0 aliphatic carbocycles. The molecule has 10 heteroatoms. The molecule has 9 nitrogen and oxygen atoms in total. The molecule has 1 fully saturated rings. The van der Waals surface area contributed by atoms with Gasteiger partial charge in [-0.1, -0.05) is 36.9 Å². The van der Waals surface area contributed by atoms with E-state index in [9.17, 15) is 14.9 Å². The highest BCUT2D eigenvalue weighted by atomic mass is 32.2. The number of rotatable bonds is 7. The van der Waals surface area contributed by atoms with Gasteiger partial charge in [0.1, 0.15) is 0 Å². The molecule has 4 rings (SSSR count). The van der Waals surface area contributed by atoms with Crippen molar-refractivity contribution in [1.82, 2.24) is 24.6 Å². The Bertz CT molecular complexity index is 1110. The van der Waals surface area contributed by atoms with E-state index in [0.29, 0.717) is 16.5 Å². The molecule has 33 heavy (non-hydrogen) atoms. The zero-order valence-corrected chi connectivity index (χ0v) is 19.4. The van der Waals surface area contributed by atoms with Gasteiger partial charge in [0.25, 0.3) is 5.69 Å². The number of para-hydroxylation sites is 1. The van der Waals surface area contributed by atoms with Crippen molar-refractivity contribution in [2.24, 2.45) is 0 Å². The fourth-order valence-corrected chi connectivity index (χ4v) is 4.78. The van der Waals surface area contributed by atoms with E-state index < -0.39 is 4.92 Å². The van der Waals surface area contributed by atoms with Crippen molar-refractivity contribution in [2.75, 3.05) is 32.7 Å². The van der Waals surface area contributed by atoms with Crippen molar-refractivity contribution in [1.29, 1.82) is 0 Å². The molecule has 172 valence electrons. The number of carbonyl (C=O) groups excluding carboxylic acids is 1. The highest BCUT2D eigenvalue weighted by molar-refractivity contribution is 8.00. The first-order chi connectivity index (χ1) is 16.0. The average Bonchev–Trinajstić information content (AvgIpc) is 3.27. The van der Waals surface area contributed by atoms with Crippen LogP contribution in [0.15, 0.2) is 59.8 Å².